The Morgan fingerprint density at radius 3 is 2.50 bits per heavy atom. The lowest BCUT2D eigenvalue weighted by Gasteiger charge is -2.25. The summed E-state index contributed by atoms with van der Waals surface area (Å²) in [5.41, 5.74) is 3.29. The van der Waals surface area contributed by atoms with Crippen molar-refractivity contribution in [3.8, 4) is 11.5 Å². The number of carbonyl (C=O) groups is 1. The van der Waals surface area contributed by atoms with E-state index in [1.165, 1.54) is 11.3 Å². The normalized spacial score (nSPS) is 14.9. The third kappa shape index (κ3) is 6.42. The molecule has 0 saturated heterocycles. The van der Waals surface area contributed by atoms with Gasteiger partial charge in [-0.05, 0) is 90.7 Å². The summed E-state index contributed by atoms with van der Waals surface area (Å²) in [6.45, 7) is 8.11. The van der Waals surface area contributed by atoms with Crippen LogP contribution in [0.2, 0.25) is 0 Å². The molecule has 0 unspecified atom stereocenters. The number of thiazole rings is 1. The molecule has 1 aliphatic rings. The van der Waals surface area contributed by atoms with Gasteiger partial charge in [-0.1, -0.05) is 59.9 Å². The van der Waals surface area contributed by atoms with Crippen LogP contribution in [0.4, 0.5) is 0 Å². The summed E-state index contributed by atoms with van der Waals surface area (Å²) in [4.78, 5) is 32.2. The number of hydrogen-bond acceptors (Lipinski definition) is 7. The molecule has 0 spiro atoms. The molecule has 216 valence electrons. The van der Waals surface area contributed by atoms with Crippen LogP contribution >= 0.6 is 27.3 Å². The van der Waals surface area contributed by atoms with Gasteiger partial charge in [-0.25, -0.2) is 9.79 Å². The molecule has 3 aromatic carbocycles. The van der Waals surface area contributed by atoms with Crippen molar-refractivity contribution in [1.29, 1.82) is 0 Å². The molecule has 42 heavy (non-hydrogen) atoms. The molecule has 1 aliphatic heterocycles. The number of nitrogens with zero attached hydrogens (tertiary/aromatic N) is 2. The quantitative estimate of drug-likeness (QED) is 0.211. The summed E-state index contributed by atoms with van der Waals surface area (Å²) < 4.78 is 20.0. The van der Waals surface area contributed by atoms with E-state index in [0.717, 1.165) is 21.2 Å². The fourth-order valence-electron chi connectivity index (χ4n) is 4.72. The lowest BCUT2D eigenvalue weighted by atomic mass is 9.96. The number of benzene rings is 3. The second-order valence-electron chi connectivity index (χ2n) is 10.0. The number of ether oxygens (including phenoxy) is 3. The molecule has 0 aliphatic carbocycles. The molecule has 9 heteroatoms. The van der Waals surface area contributed by atoms with E-state index in [4.69, 9.17) is 14.2 Å². The Hall–Kier alpha value is -3.95. The first kappa shape index (κ1) is 29.5. The second kappa shape index (κ2) is 12.9. The van der Waals surface area contributed by atoms with E-state index in [9.17, 15) is 9.59 Å². The monoisotopic (exact) mass is 646 g/mol. The van der Waals surface area contributed by atoms with E-state index in [0.29, 0.717) is 38.7 Å². The van der Waals surface area contributed by atoms with Gasteiger partial charge in [0.15, 0.2) is 4.80 Å². The first-order chi connectivity index (χ1) is 20.2. The summed E-state index contributed by atoms with van der Waals surface area (Å²) in [6.07, 6.45) is 1.85. The zero-order valence-corrected chi connectivity index (χ0v) is 26.2. The van der Waals surface area contributed by atoms with Gasteiger partial charge in [-0.3, -0.25) is 9.36 Å². The van der Waals surface area contributed by atoms with Crippen molar-refractivity contribution >= 4 is 39.3 Å². The summed E-state index contributed by atoms with van der Waals surface area (Å²) in [7, 11) is 0. The highest BCUT2D eigenvalue weighted by Crippen LogP contribution is 2.32. The molecule has 4 aromatic rings. The van der Waals surface area contributed by atoms with Crippen molar-refractivity contribution in [2.45, 2.75) is 46.4 Å². The number of hydrogen-bond donors (Lipinski definition) is 0. The van der Waals surface area contributed by atoms with Gasteiger partial charge in [0.1, 0.15) is 18.1 Å². The molecule has 0 bridgehead atoms. The van der Waals surface area contributed by atoms with Gasteiger partial charge in [-0.15, -0.1) is 0 Å². The van der Waals surface area contributed by atoms with Crippen LogP contribution in [0.3, 0.4) is 0 Å². The largest absolute Gasteiger partial charge is 0.491 e. The Balaban J connectivity index is 1.52. The highest BCUT2D eigenvalue weighted by atomic mass is 79.9. The van der Waals surface area contributed by atoms with Gasteiger partial charge >= 0.3 is 5.97 Å². The smallest absolute Gasteiger partial charge is 0.338 e. The zero-order chi connectivity index (χ0) is 29.8. The molecular weight excluding hydrogens is 616 g/mol. The van der Waals surface area contributed by atoms with E-state index in [1.54, 1.807) is 18.4 Å². The van der Waals surface area contributed by atoms with E-state index >= 15 is 0 Å². The molecule has 0 amide bonds. The average molecular weight is 648 g/mol. The summed E-state index contributed by atoms with van der Waals surface area (Å²) >= 11 is 4.89. The Kier molecular flexibility index (Phi) is 9.09. The van der Waals surface area contributed by atoms with E-state index < -0.39 is 12.0 Å². The molecule has 1 atom stereocenters. The molecule has 0 N–H and O–H groups in total. The van der Waals surface area contributed by atoms with Gasteiger partial charge < -0.3 is 14.2 Å². The topological polar surface area (TPSA) is 79.1 Å². The van der Waals surface area contributed by atoms with Crippen LogP contribution in [-0.2, 0) is 16.1 Å². The third-order valence-corrected chi connectivity index (χ3v) is 8.18. The molecular formula is C33H31BrN2O5S. The van der Waals surface area contributed by atoms with Crippen molar-refractivity contribution in [3.05, 3.63) is 125 Å². The highest BCUT2D eigenvalue weighted by Gasteiger charge is 2.33. The fourth-order valence-corrected chi connectivity index (χ4v) is 6.28. The van der Waals surface area contributed by atoms with E-state index in [2.05, 4.69) is 20.9 Å². The fraction of sp³-hybridized carbons (Fsp3) is 0.242. The van der Waals surface area contributed by atoms with Gasteiger partial charge in [0.2, 0.25) is 0 Å². The lowest BCUT2D eigenvalue weighted by molar-refractivity contribution is -0.139. The van der Waals surface area contributed by atoms with Crippen LogP contribution in [0.1, 0.15) is 50.4 Å². The van der Waals surface area contributed by atoms with Crippen LogP contribution in [0, 0.1) is 0 Å². The maximum atomic E-state index is 13.9. The summed E-state index contributed by atoms with van der Waals surface area (Å²) in [5, 5.41) is 0. The number of carbonyl (C=O) groups excluding carboxylic acids is 1. The lowest BCUT2D eigenvalue weighted by Crippen LogP contribution is -2.39. The molecule has 0 radical (unpaired) electrons. The third-order valence-electron chi connectivity index (χ3n) is 6.58. The number of halogens is 1. The van der Waals surface area contributed by atoms with Crippen molar-refractivity contribution in [2.75, 3.05) is 6.61 Å². The SMILES string of the molecule is CCOC(=O)C1=C(C)N=c2s/c(=C\c3ccc(OCc4ccccc4)c(Br)c3)c(=O)n2[C@@H]1c1ccc(OC(C)C)cc1. The molecule has 7 nitrogen and oxygen atoms in total. The zero-order valence-electron chi connectivity index (χ0n) is 23.8. The minimum Gasteiger partial charge on any atom is -0.491 e. The van der Waals surface area contributed by atoms with Crippen molar-refractivity contribution in [3.63, 3.8) is 0 Å². The van der Waals surface area contributed by atoms with Crippen LogP contribution in [0.15, 0.2) is 98.3 Å². The Morgan fingerprint density at radius 2 is 1.83 bits per heavy atom. The van der Waals surface area contributed by atoms with Gasteiger partial charge in [-0.2, -0.15) is 0 Å². The first-order valence-corrected chi connectivity index (χ1v) is 15.3. The van der Waals surface area contributed by atoms with Crippen LogP contribution in [0.25, 0.3) is 6.08 Å². The molecule has 5 rings (SSSR count). The molecule has 1 aromatic heterocycles. The standard InChI is InChI=1S/C33H31BrN2O5S/c1-5-39-32(38)29-21(4)35-33-36(30(29)24-12-14-25(15-13-24)41-20(2)3)31(37)28(42-33)18-23-11-16-27(26(34)17-23)40-19-22-9-7-6-8-10-22/h6-18,20,30H,5,19H2,1-4H3/b28-18-/t30-/m1/s1. The number of aromatic nitrogens is 1. The minimum absolute atomic E-state index is 0.0234. The van der Waals surface area contributed by atoms with Gasteiger partial charge in [0, 0.05) is 0 Å². The first-order valence-electron chi connectivity index (χ1n) is 13.7. The maximum Gasteiger partial charge on any atom is 0.338 e. The Morgan fingerprint density at radius 1 is 1.10 bits per heavy atom. The Bertz CT molecular complexity index is 1810. The summed E-state index contributed by atoms with van der Waals surface area (Å²) in [5.74, 6) is 0.925. The minimum atomic E-state index is -0.684. The van der Waals surface area contributed by atoms with E-state index in [1.807, 2.05) is 92.7 Å². The average Bonchev–Trinajstić information content (AvgIpc) is 3.26. The van der Waals surface area contributed by atoms with Crippen LogP contribution in [-0.4, -0.2) is 23.2 Å². The van der Waals surface area contributed by atoms with Crippen molar-refractivity contribution in [2.24, 2.45) is 4.99 Å². The maximum absolute atomic E-state index is 13.9. The van der Waals surface area contributed by atoms with Crippen molar-refractivity contribution in [1.82, 2.24) is 4.57 Å². The number of fused-ring (bicyclic) bond motifs is 1. The van der Waals surface area contributed by atoms with Gasteiger partial charge in [0.25, 0.3) is 5.56 Å². The molecule has 0 fully saturated rings. The van der Waals surface area contributed by atoms with Gasteiger partial charge in [0.05, 0.1) is 39.0 Å². The van der Waals surface area contributed by atoms with Crippen molar-refractivity contribution < 1.29 is 19.0 Å². The highest BCUT2D eigenvalue weighted by molar-refractivity contribution is 9.10. The van der Waals surface area contributed by atoms with Crippen LogP contribution in [0.5, 0.6) is 11.5 Å². The number of esters is 1. The summed E-state index contributed by atoms with van der Waals surface area (Å²) in [6, 6.07) is 22.4. The van der Waals surface area contributed by atoms with Crippen LogP contribution < -0.4 is 24.4 Å². The predicted molar refractivity (Wildman–Crippen MR) is 168 cm³/mol. The molecule has 0 saturated carbocycles. The number of rotatable bonds is 9. The Labute approximate surface area is 256 Å². The van der Waals surface area contributed by atoms with E-state index in [-0.39, 0.29) is 18.3 Å². The predicted octanol–water partition coefficient (Wildman–Crippen LogP) is 5.93. The number of allylic oxidation sites excluding steroid dienone is 1. The molecule has 2 heterocycles. The second-order valence-corrected chi connectivity index (χ2v) is 11.9.